The molecule has 0 N–H and O–H groups in total. The van der Waals surface area contributed by atoms with E-state index >= 15 is 0 Å². The number of hydrogen-bond acceptors (Lipinski definition) is 4. The molecule has 20 heavy (non-hydrogen) atoms. The van der Waals surface area contributed by atoms with E-state index in [2.05, 4.69) is 15.1 Å². The molecular weight excluding hydrogens is 319 g/mol. The number of halogens is 2. The Labute approximate surface area is 127 Å². The molecule has 0 aliphatic carbocycles. The SMILES string of the molecule is CS(=O)c1ncc2cn(-c3cccc(Cl)c3Cl)nc2n1. The van der Waals surface area contributed by atoms with Crippen molar-refractivity contribution >= 4 is 45.0 Å². The molecule has 0 radical (unpaired) electrons. The number of nitrogens with zero attached hydrogens (tertiary/aromatic N) is 4. The Kier molecular flexibility index (Phi) is 3.45. The van der Waals surface area contributed by atoms with Crippen molar-refractivity contribution in [3.63, 3.8) is 0 Å². The predicted octanol–water partition coefficient (Wildman–Crippen LogP) is 2.86. The summed E-state index contributed by atoms with van der Waals surface area (Å²) in [7, 11) is -1.25. The van der Waals surface area contributed by atoms with Crippen LogP contribution in [0.25, 0.3) is 16.7 Å². The van der Waals surface area contributed by atoms with E-state index in [1.165, 1.54) is 6.26 Å². The quantitative estimate of drug-likeness (QED) is 0.679. The first kappa shape index (κ1) is 13.5. The Balaban J connectivity index is 2.18. The van der Waals surface area contributed by atoms with Crippen molar-refractivity contribution in [1.82, 2.24) is 19.7 Å². The molecule has 102 valence electrons. The van der Waals surface area contributed by atoms with Gasteiger partial charge in [-0.1, -0.05) is 29.3 Å². The fourth-order valence-electron chi connectivity index (χ4n) is 1.73. The lowest BCUT2D eigenvalue weighted by Crippen LogP contribution is -1.97. The summed E-state index contributed by atoms with van der Waals surface area (Å²) in [5.41, 5.74) is 1.11. The molecule has 3 aromatic rings. The van der Waals surface area contributed by atoms with Crippen LogP contribution in [-0.2, 0) is 10.8 Å². The van der Waals surface area contributed by atoms with Gasteiger partial charge in [-0.05, 0) is 12.1 Å². The minimum absolute atomic E-state index is 0.250. The lowest BCUT2D eigenvalue weighted by atomic mass is 10.3. The number of aromatic nitrogens is 4. The highest BCUT2D eigenvalue weighted by atomic mass is 35.5. The van der Waals surface area contributed by atoms with Gasteiger partial charge in [-0.15, -0.1) is 5.10 Å². The lowest BCUT2D eigenvalue weighted by Gasteiger charge is -2.04. The smallest absolute Gasteiger partial charge is 0.220 e. The fraction of sp³-hybridized carbons (Fsp3) is 0.0833. The van der Waals surface area contributed by atoms with Gasteiger partial charge in [0, 0.05) is 18.6 Å². The van der Waals surface area contributed by atoms with Gasteiger partial charge in [0.15, 0.2) is 5.65 Å². The van der Waals surface area contributed by atoms with Gasteiger partial charge in [-0.3, -0.25) is 4.21 Å². The first-order valence-electron chi connectivity index (χ1n) is 5.56. The Bertz CT molecular complexity index is 833. The van der Waals surface area contributed by atoms with Gasteiger partial charge in [0.05, 0.1) is 31.9 Å². The van der Waals surface area contributed by atoms with E-state index in [4.69, 9.17) is 23.2 Å². The van der Waals surface area contributed by atoms with E-state index in [1.807, 2.05) is 0 Å². The normalized spacial score (nSPS) is 12.8. The summed E-state index contributed by atoms with van der Waals surface area (Å²) >= 11 is 12.1. The van der Waals surface area contributed by atoms with Crippen LogP contribution in [0.5, 0.6) is 0 Å². The molecule has 0 saturated carbocycles. The van der Waals surface area contributed by atoms with Crippen molar-refractivity contribution in [2.24, 2.45) is 0 Å². The minimum atomic E-state index is -1.25. The molecule has 0 aliphatic heterocycles. The van der Waals surface area contributed by atoms with Gasteiger partial charge < -0.3 is 0 Å². The highest BCUT2D eigenvalue weighted by molar-refractivity contribution is 7.84. The summed E-state index contributed by atoms with van der Waals surface area (Å²) in [6.07, 6.45) is 4.85. The predicted molar refractivity (Wildman–Crippen MR) is 79.0 cm³/mol. The average Bonchev–Trinajstić information content (AvgIpc) is 2.84. The van der Waals surface area contributed by atoms with Crippen molar-refractivity contribution < 1.29 is 4.21 Å². The molecule has 1 unspecified atom stereocenters. The molecule has 0 spiro atoms. The molecule has 0 aliphatic rings. The zero-order chi connectivity index (χ0) is 14.3. The van der Waals surface area contributed by atoms with Crippen molar-refractivity contribution in [1.29, 1.82) is 0 Å². The molecule has 2 aromatic heterocycles. The van der Waals surface area contributed by atoms with Crippen LogP contribution >= 0.6 is 23.2 Å². The second kappa shape index (κ2) is 5.12. The van der Waals surface area contributed by atoms with E-state index in [0.717, 1.165) is 5.39 Å². The van der Waals surface area contributed by atoms with Gasteiger partial charge in [-0.2, -0.15) is 4.98 Å². The molecule has 0 amide bonds. The van der Waals surface area contributed by atoms with Crippen molar-refractivity contribution in [2.75, 3.05) is 6.26 Å². The monoisotopic (exact) mass is 326 g/mol. The van der Waals surface area contributed by atoms with Crippen molar-refractivity contribution in [3.8, 4) is 5.69 Å². The average molecular weight is 327 g/mol. The zero-order valence-corrected chi connectivity index (χ0v) is 12.6. The zero-order valence-electron chi connectivity index (χ0n) is 10.2. The summed E-state index contributed by atoms with van der Waals surface area (Å²) in [5.74, 6) is 0. The highest BCUT2D eigenvalue weighted by Crippen LogP contribution is 2.28. The Morgan fingerprint density at radius 3 is 2.85 bits per heavy atom. The van der Waals surface area contributed by atoms with Gasteiger partial charge in [0.25, 0.3) is 0 Å². The highest BCUT2D eigenvalue weighted by Gasteiger charge is 2.11. The first-order valence-corrected chi connectivity index (χ1v) is 7.88. The number of benzene rings is 1. The van der Waals surface area contributed by atoms with Crippen LogP contribution in [-0.4, -0.2) is 30.2 Å². The first-order chi connectivity index (χ1) is 9.56. The van der Waals surface area contributed by atoms with E-state index in [-0.39, 0.29) is 5.16 Å². The van der Waals surface area contributed by atoms with Crippen LogP contribution in [0.3, 0.4) is 0 Å². The van der Waals surface area contributed by atoms with Crippen LogP contribution in [0.1, 0.15) is 0 Å². The standard InChI is InChI=1S/C12H8Cl2N4OS/c1-20(19)12-15-5-7-6-18(17-11(7)16-12)9-4-2-3-8(13)10(9)14/h2-6H,1H3. The topological polar surface area (TPSA) is 60.7 Å². The fourth-order valence-corrected chi connectivity index (χ4v) is 2.53. The van der Waals surface area contributed by atoms with Crippen LogP contribution in [0.4, 0.5) is 0 Å². The maximum absolute atomic E-state index is 11.4. The number of fused-ring (bicyclic) bond motifs is 1. The summed E-state index contributed by atoms with van der Waals surface area (Å²) in [5, 5.41) is 6.16. The third-order valence-electron chi connectivity index (χ3n) is 2.67. The second-order valence-corrected chi connectivity index (χ2v) is 6.09. The molecule has 3 rings (SSSR count). The maximum Gasteiger partial charge on any atom is 0.220 e. The van der Waals surface area contributed by atoms with E-state index < -0.39 is 10.8 Å². The largest absolute Gasteiger partial charge is 0.251 e. The van der Waals surface area contributed by atoms with Crippen molar-refractivity contribution in [3.05, 3.63) is 40.6 Å². The number of rotatable bonds is 2. The summed E-state index contributed by atoms with van der Waals surface area (Å²) in [6, 6.07) is 5.29. The molecule has 0 saturated heterocycles. The van der Waals surface area contributed by atoms with Crippen LogP contribution < -0.4 is 0 Å². The minimum Gasteiger partial charge on any atom is -0.251 e. The van der Waals surface area contributed by atoms with Crippen LogP contribution in [0, 0.1) is 0 Å². The Hall–Kier alpha value is -1.50. The third-order valence-corrected chi connectivity index (χ3v) is 4.19. The van der Waals surface area contributed by atoms with Gasteiger partial charge in [0.2, 0.25) is 5.16 Å². The molecule has 8 heteroatoms. The summed E-state index contributed by atoms with van der Waals surface area (Å²) < 4.78 is 13.0. The van der Waals surface area contributed by atoms with Gasteiger partial charge >= 0.3 is 0 Å². The molecule has 2 heterocycles. The molecule has 0 fully saturated rings. The summed E-state index contributed by atoms with van der Waals surface area (Å²) in [6.45, 7) is 0. The van der Waals surface area contributed by atoms with E-state index in [1.54, 1.807) is 35.3 Å². The molecular formula is C12H8Cl2N4OS. The maximum atomic E-state index is 11.4. The van der Waals surface area contributed by atoms with Gasteiger partial charge in [-0.25, -0.2) is 9.67 Å². The Morgan fingerprint density at radius 1 is 1.30 bits per heavy atom. The molecule has 1 atom stereocenters. The van der Waals surface area contributed by atoms with E-state index in [0.29, 0.717) is 21.4 Å². The third kappa shape index (κ3) is 2.30. The van der Waals surface area contributed by atoms with E-state index in [9.17, 15) is 4.21 Å². The second-order valence-electron chi connectivity index (χ2n) is 4.03. The molecule has 5 nitrogen and oxygen atoms in total. The number of hydrogen-bond donors (Lipinski definition) is 0. The lowest BCUT2D eigenvalue weighted by molar-refractivity contribution is 0.680. The van der Waals surface area contributed by atoms with Gasteiger partial charge in [0.1, 0.15) is 0 Å². The van der Waals surface area contributed by atoms with Crippen molar-refractivity contribution in [2.45, 2.75) is 5.16 Å². The van der Waals surface area contributed by atoms with Crippen LogP contribution in [0.2, 0.25) is 10.0 Å². The summed E-state index contributed by atoms with van der Waals surface area (Å²) in [4.78, 5) is 8.18. The molecule has 0 bridgehead atoms. The Morgan fingerprint density at radius 2 is 2.10 bits per heavy atom. The van der Waals surface area contributed by atoms with Crippen LogP contribution in [0.15, 0.2) is 35.7 Å². The molecule has 1 aromatic carbocycles.